The van der Waals surface area contributed by atoms with Crippen LogP contribution in [0.2, 0.25) is 5.02 Å². The highest BCUT2D eigenvalue weighted by molar-refractivity contribution is 8.00. The molecule has 0 fully saturated rings. The number of hydrogen-bond donors (Lipinski definition) is 1. The van der Waals surface area contributed by atoms with Gasteiger partial charge in [0.2, 0.25) is 5.91 Å². The van der Waals surface area contributed by atoms with Crippen LogP contribution in [-0.2, 0) is 4.79 Å². The molecule has 110 valence electrons. The minimum Gasteiger partial charge on any atom is -0.325 e. The van der Waals surface area contributed by atoms with Gasteiger partial charge in [-0.25, -0.2) is 14.4 Å². The Hall–Kier alpha value is -1.66. The van der Waals surface area contributed by atoms with E-state index >= 15 is 0 Å². The first-order chi connectivity index (χ1) is 9.95. The molecule has 0 saturated carbocycles. The highest BCUT2D eigenvalue weighted by Crippen LogP contribution is 2.23. The standard InChI is InChI=1S/C14H13ClFN3OS/c1-8-5-6-17-14(18-8)21-9(2)13(20)19-10-3-4-12(16)11(15)7-10/h3-7,9H,1-2H3,(H,19,20)/t9-/m0/s1. The molecule has 21 heavy (non-hydrogen) atoms. The predicted molar refractivity (Wildman–Crippen MR) is 82.1 cm³/mol. The van der Waals surface area contributed by atoms with Crippen LogP contribution in [0.5, 0.6) is 0 Å². The van der Waals surface area contributed by atoms with Crippen molar-refractivity contribution in [3.05, 3.63) is 47.0 Å². The molecule has 1 atom stereocenters. The number of aromatic nitrogens is 2. The van der Waals surface area contributed by atoms with Crippen molar-refractivity contribution in [1.82, 2.24) is 9.97 Å². The Balaban J connectivity index is 2.00. The van der Waals surface area contributed by atoms with Gasteiger partial charge in [0.05, 0.1) is 10.3 Å². The fraction of sp³-hybridized carbons (Fsp3) is 0.214. The monoisotopic (exact) mass is 325 g/mol. The van der Waals surface area contributed by atoms with Gasteiger partial charge >= 0.3 is 0 Å². The average molecular weight is 326 g/mol. The molecular formula is C14H13ClFN3OS. The summed E-state index contributed by atoms with van der Waals surface area (Å²) in [6.07, 6.45) is 1.65. The third-order valence-corrected chi connectivity index (χ3v) is 3.88. The molecule has 0 radical (unpaired) electrons. The highest BCUT2D eigenvalue weighted by Gasteiger charge is 2.16. The van der Waals surface area contributed by atoms with Gasteiger partial charge in [0.25, 0.3) is 0 Å². The topological polar surface area (TPSA) is 54.9 Å². The van der Waals surface area contributed by atoms with Crippen LogP contribution in [-0.4, -0.2) is 21.1 Å². The average Bonchev–Trinajstić information content (AvgIpc) is 2.43. The van der Waals surface area contributed by atoms with Gasteiger partial charge in [-0.3, -0.25) is 4.79 Å². The van der Waals surface area contributed by atoms with E-state index in [-0.39, 0.29) is 10.9 Å². The van der Waals surface area contributed by atoms with E-state index in [0.717, 1.165) is 5.69 Å². The van der Waals surface area contributed by atoms with Gasteiger partial charge in [0.1, 0.15) is 5.82 Å². The Morgan fingerprint density at radius 2 is 2.19 bits per heavy atom. The lowest BCUT2D eigenvalue weighted by Crippen LogP contribution is -2.22. The van der Waals surface area contributed by atoms with E-state index in [2.05, 4.69) is 15.3 Å². The molecule has 2 aromatic rings. The first kappa shape index (κ1) is 15.7. The van der Waals surface area contributed by atoms with Crippen molar-refractivity contribution in [1.29, 1.82) is 0 Å². The summed E-state index contributed by atoms with van der Waals surface area (Å²) >= 11 is 6.92. The number of carbonyl (C=O) groups is 1. The lowest BCUT2D eigenvalue weighted by atomic mass is 10.3. The second-order valence-electron chi connectivity index (χ2n) is 4.36. The number of aryl methyl sites for hydroxylation is 1. The largest absolute Gasteiger partial charge is 0.325 e. The van der Waals surface area contributed by atoms with Gasteiger partial charge < -0.3 is 5.32 Å². The molecule has 2 rings (SSSR count). The normalized spacial score (nSPS) is 12.0. The number of anilines is 1. The van der Waals surface area contributed by atoms with Crippen molar-refractivity contribution in [3.63, 3.8) is 0 Å². The minimum atomic E-state index is -0.523. The first-order valence-corrected chi connectivity index (χ1v) is 7.43. The summed E-state index contributed by atoms with van der Waals surface area (Å²) in [6, 6.07) is 5.82. The van der Waals surface area contributed by atoms with Crippen molar-refractivity contribution in [3.8, 4) is 0 Å². The summed E-state index contributed by atoms with van der Waals surface area (Å²) in [4.78, 5) is 20.4. The van der Waals surface area contributed by atoms with Crippen LogP contribution < -0.4 is 5.32 Å². The van der Waals surface area contributed by atoms with E-state index in [0.29, 0.717) is 10.8 Å². The van der Waals surface area contributed by atoms with Crippen LogP contribution >= 0.6 is 23.4 Å². The Morgan fingerprint density at radius 1 is 1.43 bits per heavy atom. The van der Waals surface area contributed by atoms with Gasteiger partial charge in [-0.1, -0.05) is 23.4 Å². The van der Waals surface area contributed by atoms with E-state index in [1.54, 1.807) is 19.2 Å². The van der Waals surface area contributed by atoms with Gasteiger partial charge in [-0.05, 0) is 38.1 Å². The highest BCUT2D eigenvalue weighted by atomic mass is 35.5. The Bertz CT molecular complexity index is 668. The number of nitrogens with one attached hydrogen (secondary N) is 1. The van der Waals surface area contributed by atoms with Crippen LogP contribution in [0.25, 0.3) is 0 Å². The van der Waals surface area contributed by atoms with E-state index in [9.17, 15) is 9.18 Å². The molecular weight excluding hydrogens is 313 g/mol. The van der Waals surface area contributed by atoms with Crippen molar-refractivity contribution >= 4 is 35.0 Å². The number of hydrogen-bond acceptors (Lipinski definition) is 4. The summed E-state index contributed by atoms with van der Waals surface area (Å²) in [7, 11) is 0. The Kier molecular flexibility index (Phi) is 5.14. The lowest BCUT2D eigenvalue weighted by molar-refractivity contribution is -0.115. The molecule has 1 aromatic carbocycles. The number of thioether (sulfide) groups is 1. The second-order valence-corrected chi connectivity index (χ2v) is 6.07. The number of benzene rings is 1. The van der Waals surface area contributed by atoms with Gasteiger partial charge in [0, 0.05) is 17.6 Å². The maximum Gasteiger partial charge on any atom is 0.237 e. The number of halogens is 2. The first-order valence-electron chi connectivity index (χ1n) is 6.18. The fourth-order valence-corrected chi connectivity index (χ4v) is 2.49. The lowest BCUT2D eigenvalue weighted by Gasteiger charge is -2.11. The SMILES string of the molecule is Cc1ccnc(S[C@@H](C)C(=O)Nc2ccc(F)c(Cl)c2)n1. The van der Waals surface area contributed by atoms with Gasteiger partial charge in [0.15, 0.2) is 5.16 Å². The van der Waals surface area contributed by atoms with Crippen LogP contribution in [0, 0.1) is 12.7 Å². The summed E-state index contributed by atoms with van der Waals surface area (Å²) in [6.45, 7) is 3.60. The third-order valence-electron chi connectivity index (χ3n) is 2.61. The number of nitrogens with zero attached hydrogens (tertiary/aromatic N) is 2. The van der Waals surface area contributed by atoms with Crippen LogP contribution in [0.1, 0.15) is 12.6 Å². The summed E-state index contributed by atoms with van der Waals surface area (Å²) < 4.78 is 13.1. The molecule has 0 spiro atoms. The van der Waals surface area contributed by atoms with E-state index in [4.69, 9.17) is 11.6 Å². The number of amides is 1. The number of carbonyl (C=O) groups excluding carboxylic acids is 1. The molecule has 0 aliphatic heterocycles. The zero-order valence-corrected chi connectivity index (χ0v) is 13.0. The van der Waals surface area contributed by atoms with Gasteiger partial charge in [-0.2, -0.15) is 0 Å². The zero-order chi connectivity index (χ0) is 15.4. The zero-order valence-electron chi connectivity index (χ0n) is 11.4. The van der Waals surface area contributed by atoms with Crippen molar-refractivity contribution in [2.45, 2.75) is 24.3 Å². The minimum absolute atomic E-state index is 0.0323. The number of rotatable bonds is 4. The van der Waals surface area contributed by atoms with Crippen LogP contribution in [0.15, 0.2) is 35.6 Å². The molecule has 0 saturated heterocycles. The summed E-state index contributed by atoms with van der Waals surface area (Å²) in [5.74, 6) is -0.752. The molecule has 0 unspecified atom stereocenters. The van der Waals surface area contributed by atoms with Gasteiger partial charge in [-0.15, -0.1) is 0 Å². The van der Waals surface area contributed by atoms with Crippen molar-refractivity contribution in [2.24, 2.45) is 0 Å². The van der Waals surface area contributed by atoms with E-state index in [1.165, 1.54) is 30.0 Å². The van der Waals surface area contributed by atoms with E-state index in [1.807, 2.05) is 6.92 Å². The van der Waals surface area contributed by atoms with Crippen molar-refractivity contribution < 1.29 is 9.18 Å². The smallest absolute Gasteiger partial charge is 0.237 e. The van der Waals surface area contributed by atoms with Crippen molar-refractivity contribution in [2.75, 3.05) is 5.32 Å². The molecule has 1 N–H and O–H groups in total. The maximum atomic E-state index is 13.1. The summed E-state index contributed by atoms with van der Waals surface area (Å²) in [5.41, 5.74) is 1.29. The van der Waals surface area contributed by atoms with E-state index < -0.39 is 11.1 Å². The predicted octanol–water partition coefficient (Wildman–Crippen LogP) is 3.70. The molecule has 1 aromatic heterocycles. The molecule has 1 heterocycles. The summed E-state index contributed by atoms with van der Waals surface area (Å²) in [5, 5.41) is 2.79. The second kappa shape index (κ2) is 6.87. The quantitative estimate of drug-likeness (QED) is 0.688. The molecule has 0 aliphatic rings. The van der Waals surface area contributed by atoms with Crippen LogP contribution in [0.4, 0.5) is 10.1 Å². The Labute approximate surface area is 131 Å². The molecule has 1 amide bonds. The maximum absolute atomic E-state index is 13.1. The molecule has 0 bridgehead atoms. The molecule has 0 aliphatic carbocycles. The Morgan fingerprint density at radius 3 is 2.86 bits per heavy atom. The molecule has 7 heteroatoms. The molecule has 4 nitrogen and oxygen atoms in total. The fourth-order valence-electron chi connectivity index (χ4n) is 1.51. The van der Waals surface area contributed by atoms with Crippen LogP contribution in [0.3, 0.4) is 0 Å². The third kappa shape index (κ3) is 4.41.